The summed E-state index contributed by atoms with van der Waals surface area (Å²) in [5.41, 5.74) is 1.38. The van der Waals surface area contributed by atoms with Gasteiger partial charge in [-0.15, -0.1) is 11.3 Å². The number of esters is 1. The second-order valence-electron chi connectivity index (χ2n) is 20.5. The fourth-order valence-corrected chi connectivity index (χ4v) is 10.2. The Kier molecular flexibility index (Phi) is 29.3. The number of benzene rings is 1. The van der Waals surface area contributed by atoms with E-state index >= 15 is 0 Å². The molecule has 0 radical (unpaired) electrons. The highest BCUT2D eigenvalue weighted by Gasteiger charge is 2.38. The minimum absolute atomic E-state index is 0.0276. The number of Topliss-reactive ketones (excluding diaryl/α,β-unsaturated/α-hetero) is 2. The summed E-state index contributed by atoms with van der Waals surface area (Å²) in [4.78, 5) is 101. The van der Waals surface area contributed by atoms with Crippen molar-refractivity contribution in [2.75, 3.05) is 85.4 Å². The SMILES string of the molecule is C=C1CCOCCOCCCC(=O)C#CC(=O)NCCOCCOCCC(=O)Nc2cc(C[C@@H](CCC)NC(=O)c3csc([C@@H](C[C@H](C(C)C)N(C)C(=O)[C@@H](CC(=O)[C@H]4CCCCN4C)[C@@H](C)CC)OC(C)=O)n3)ccc2O1. The van der Waals surface area contributed by atoms with Crippen LogP contribution in [0.3, 0.4) is 0 Å². The van der Waals surface area contributed by atoms with Crippen molar-refractivity contribution in [1.82, 2.24) is 25.4 Å². The van der Waals surface area contributed by atoms with Crippen molar-refractivity contribution in [3.8, 4) is 17.6 Å². The van der Waals surface area contributed by atoms with Gasteiger partial charge in [-0.1, -0.05) is 66.5 Å². The van der Waals surface area contributed by atoms with Gasteiger partial charge in [0.15, 0.2) is 11.9 Å². The standard InChI is InChI=1S/C58H86N6O13S/c1-10-15-44(34-43-18-20-52-47(35-43)61-55(69)23-28-74-32-33-75-29-24-59-54(68)21-19-45(66)16-14-26-72-30-31-73-27-22-41(6)76-52)60-56(70)48-38-78-57(62-48)53(77-42(7)65)37-50(39(3)4)64(9)58(71)46(40(5)11-2)36-51(67)49-17-12-13-25-63(49)8/h18,20,35,38-40,44,46,49-50,53H,6,10-17,22-34,36-37H2,1-5,7-9H3,(H,59,68)(H,60,70)(H,61,69)/t40-,44+,46-,49+,50+,53+/m0/s1. The molecule has 1 fully saturated rings. The van der Waals surface area contributed by atoms with Gasteiger partial charge in [-0.25, -0.2) is 4.98 Å². The van der Waals surface area contributed by atoms with Crippen molar-refractivity contribution in [1.29, 1.82) is 0 Å². The van der Waals surface area contributed by atoms with Gasteiger partial charge < -0.3 is 49.3 Å². The van der Waals surface area contributed by atoms with Gasteiger partial charge in [0.2, 0.25) is 17.6 Å². The highest BCUT2D eigenvalue weighted by Crippen LogP contribution is 2.34. The van der Waals surface area contributed by atoms with Crippen molar-refractivity contribution in [3.05, 3.63) is 52.2 Å². The van der Waals surface area contributed by atoms with E-state index in [1.165, 1.54) is 18.3 Å². The zero-order chi connectivity index (χ0) is 57.0. The minimum atomic E-state index is -0.846. The molecule has 2 aliphatic heterocycles. The van der Waals surface area contributed by atoms with Crippen molar-refractivity contribution < 1.29 is 62.0 Å². The first-order valence-corrected chi connectivity index (χ1v) is 28.6. The molecule has 0 aliphatic carbocycles. The van der Waals surface area contributed by atoms with E-state index in [9.17, 15) is 33.6 Å². The molecule has 19 nitrogen and oxygen atoms in total. The van der Waals surface area contributed by atoms with E-state index in [0.717, 1.165) is 44.2 Å². The lowest BCUT2D eigenvalue weighted by Crippen LogP contribution is -2.48. The molecule has 6 atom stereocenters. The zero-order valence-corrected chi connectivity index (χ0v) is 48.2. The maximum absolute atomic E-state index is 14.5. The van der Waals surface area contributed by atoms with Crippen LogP contribution in [0.15, 0.2) is 35.9 Å². The first kappa shape index (κ1) is 65.0. The number of nitrogens with zero attached hydrogens (tertiary/aromatic N) is 3. The molecular formula is C58H86N6O13S. The molecule has 78 heavy (non-hydrogen) atoms. The Labute approximate surface area is 466 Å². The van der Waals surface area contributed by atoms with Crippen LogP contribution < -0.4 is 20.7 Å². The number of thiazole rings is 1. The van der Waals surface area contributed by atoms with E-state index in [2.05, 4.69) is 39.3 Å². The van der Waals surface area contributed by atoms with Gasteiger partial charge >= 0.3 is 5.97 Å². The number of nitrogens with one attached hydrogen (secondary N) is 3. The third-order valence-electron chi connectivity index (χ3n) is 13.9. The maximum atomic E-state index is 14.5. The first-order chi connectivity index (χ1) is 37.4. The summed E-state index contributed by atoms with van der Waals surface area (Å²) >= 11 is 1.21. The largest absolute Gasteiger partial charge is 0.460 e. The van der Waals surface area contributed by atoms with Crippen LogP contribution in [0, 0.1) is 29.6 Å². The summed E-state index contributed by atoms with van der Waals surface area (Å²) in [7, 11) is 3.74. The predicted octanol–water partition coefficient (Wildman–Crippen LogP) is 7.03. The Hall–Kier alpha value is -5.56. The molecule has 1 aromatic carbocycles. The first-order valence-electron chi connectivity index (χ1n) is 27.8. The molecule has 0 saturated carbocycles. The van der Waals surface area contributed by atoms with Crippen molar-refractivity contribution in [2.24, 2.45) is 17.8 Å². The van der Waals surface area contributed by atoms with Crippen LogP contribution in [0.1, 0.15) is 146 Å². The fourth-order valence-electron chi connectivity index (χ4n) is 9.34. The fraction of sp³-hybridized carbons (Fsp3) is 0.655. The van der Waals surface area contributed by atoms with E-state index in [4.69, 9.17) is 33.4 Å². The summed E-state index contributed by atoms with van der Waals surface area (Å²) in [6, 6.07) is 4.52. The van der Waals surface area contributed by atoms with Crippen molar-refractivity contribution >= 4 is 58.2 Å². The molecule has 0 bridgehead atoms. The summed E-state index contributed by atoms with van der Waals surface area (Å²) < 4.78 is 34.5. The number of carbonyl (C=O) groups is 7. The Balaban J connectivity index is 1.45. The normalized spacial score (nSPS) is 19.6. The number of carbonyl (C=O) groups excluding carboxylic acids is 7. The average molecular weight is 1110 g/mol. The molecule has 2 aromatic rings. The monoisotopic (exact) mass is 1110 g/mol. The average Bonchev–Trinajstić information content (AvgIpc) is 3.92. The third kappa shape index (κ3) is 23.0. The van der Waals surface area contributed by atoms with E-state index in [-0.39, 0.29) is 118 Å². The number of anilines is 1. The number of rotatable bonds is 18. The number of likely N-dealkylation sites (tertiary alicyclic amines) is 1. The van der Waals surface area contributed by atoms with Crippen LogP contribution in [0.4, 0.5) is 5.69 Å². The molecule has 0 spiro atoms. The van der Waals surface area contributed by atoms with Gasteiger partial charge in [-0.2, -0.15) is 0 Å². The van der Waals surface area contributed by atoms with Crippen LogP contribution in [0.25, 0.3) is 0 Å². The topological polar surface area (TPSA) is 230 Å². The molecule has 1 aromatic heterocycles. The summed E-state index contributed by atoms with van der Waals surface area (Å²) in [5, 5.41) is 10.8. The number of aromatic nitrogens is 1. The van der Waals surface area contributed by atoms with Crippen LogP contribution in [0.5, 0.6) is 5.75 Å². The number of hydrogen-bond acceptors (Lipinski definition) is 16. The zero-order valence-electron chi connectivity index (χ0n) is 47.4. The number of likely N-dealkylation sites (N-methyl/N-ethyl adjacent to an activating group) is 1. The number of amides is 4. The highest BCUT2D eigenvalue weighted by atomic mass is 32.1. The molecule has 4 rings (SSSR count). The highest BCUT2D eigenvalue weighted by molar-refractivity contribution is 7.09. The molecule has 4 amide bonds. The predicted molar refractivity (Wildman–Crippen MR) is 298 cm³/mol. The lowest BCUT2D eigenvalue weighted by atomic mass is 9.83. The summed E-state index contributed by atoms with van der Waals surface area (Å²) in [6.45, 7) is 18.5. The maximum Gasteiger partial charge on any atom is 0.303 e. The second-order valence-corrected chi connectivity index (χ2v) is 21.4. The molecule has 3 heterocycles. The second kappa shape index (κ2) is 35.1. The molecule has 2 aliphatic rings. The minimum Gasteiger partial charge on any atom is -0.460 e. The van der Waals surface area contributed by atoms with Gasteiger partial charge in [0.25, 0.3) is 11.8 Å². The molecule has 3 N–H and O–H groups in total. The number of ketones is 2. The number of ether oxygens (including phenoxy) is 6. The van der Waals surface area contributed by atoms with E-state index in [1.54, 1.807) is 23.4 Å². The summed E-state index contributed by atoms with van der Waals surface area (Å²) in [5.74, 6) is 2.62. The molecular weight excluding hydrogens is 1020 g/mol. The number of fused-ring (bicyclic) bond motifs is 1. The van der Waals surface area contributed by atoms with Gasteiger partial charge in [0, 0.05) is 82.1 Å². The quantitative estimate of drug-likeness (QED) is 0.0773. The molecule has 20 heteroatoms. The van der Waals surface area contributed by atoms with Crippen LogP contribution in [0.2, 0.25) is 0 Å². The van der Waals surface area contributed by atoms with Crippen molar-refractivity contribution in [3.63, 3.8) is 0 Å². The lowest BCUT2D eigenvalue weighted by Gasteiger charge is -2.37. The van der Waals surface area contributed by atoms with Gasteiger partial charge in [0.1, 0.15) is 16.5 Å². The Morgan fingerprint density at radius 1 is 0.936 bits per heavy atom. The van der Waals surface area contributed by atoms with E-state index in [1.807, 2.05) is 53.8 Å². The van der Waals surface area contributed by atoms with Crippen molar-refractivity contribution in [2.45, 2.75) is 149 Å². The smallest absolute Gasteiger partial charge is 0.303 e. The molecule has 1 saturated heterocycles. The van der Waals surface area contributed by atoms with Gasteiger partial charge in [0.05, 0.1) is 70.2 Å². The Morgan fingerprint density at radius 3 is 2.32 bits per heavy atom. The molecule has 0 unspecified atom stereocenters. The molecule has 432 valence electrons. The van der Waals surface area contributed by atoms with Crippen LogP contribution >= 0.6 is 11.3 Å². The third-order valence-corrected chi connectivity index (χ3v) is 14.9. The van der Waals surface area contributed by atoms with E-state index < -0.39 is 29.8 Å². The Morgan fingerprint density at radius 2 is 1.64 bits per heavy atom. The number of piperidine rings is 1. The number of hydrogen-bond donors (Lipinski definition) is 3. The summed E-state index contributed by atoms with van der Waals surface area (Å²) in [6.07, 6.45) is 5.92. The van der Waals surface area contributed by atoms with Crippen LogP contribution in [-0.2, 0) is 58.9 Å². The van der Waals surface area contributed by atoms with Gasteiger partial charge in [-0.3, -0.25) is 38.5 Å². The van der Waals surface area contributed by atoms with Gasteiger partial charge in [-0.05, 0) is 81.1 Å². The van der Waals surface area contributed by atoms with E-state index in [0.29, 0.717) is 74.3 Å². The lowest BCUT2D eigenvalue weighted by molar-refractivity contribution is -0.149. The Bertz CT molecular complexity index is 2350. The van der Waals surface area contributed by atoms with Crippen LogP contribution in [-0.4, -0.2) is 154 Å².